The highest BCUT2D eigenvalue weighted by Gasteiger charge is 2.29. The van der Waals surface area contributed by atoms with Crippen molar-refractivity contribution in [1.82, 2.24) is 14.9 Å². The smallest absolute Gasteiger partial charge is 0.225 e. The van der Waals surface area contributed by atoms with Gasteiger partial charge < -0.3 is 14.4 Å². The predicted octanol–water partition coefficient (Wildman–Crippen LogP) is 1.23. The average Bonchev–Trinajstić information content (AvgIpc) is 2.80. The van der Waals surface area contributed by atoms with Crippen molar-refractivity contribution in [3.05, 3.63) is 23.8 Å². The lowest BCUT2D eigenvalue weighted by Gasteiger charge is -2.29. The third kappa shape index (κ3) is 4.48. The summed E-state index contributed by atoms with van der Waals surface area (Å²) in [7, 11) is 0. The molecule has 2 fully saturated rings. The molecule has 1 aromatic heterocycles. The maximum Gasteiger partial charge on any atom is 0.225 e. The van der Waals surface area contributed by atoms with Gasteiger partial charge in [0.1, 0.15) is 6.33 Å². The number of hydrogen-bond acceptors (Lipinski definition) is 5. The number of rotatable bonds is 3. The summed E-state index contributed by atoms with van der Waals surface area (Å²) in [6.45, 7) is 6.11. The first-order valence-electron chi connectivity index (χ1n) is 8.44. The molecule has 3 heterocycles. The van der Waals surface area contributed by atoms with Crippen LogP contribution in [0.2, 0.25) is 0 Å². The number of carbonyl (C=O) groups is 1. The standard InChI is InChI=1S/C17H25N3O3/c1-13-8-16(19-12-18-13)9-14-10-20(4-7-23-11-14)17(21)15-2-5-22-6-3-15/h8,12,14-15H,2-7,9-11H2,1H3. The lowest BCUT2D eigenvalue weighted by molar-refractivity contribution is -0.138. The maximum atomic E-state index is 12.7. The van der Waals surface area contributed by atoms with Crippen LogP contribution >= 0.6 is 0 Å². The largest absolute Gasteiger partial charge is 0.381 e. The van der Waals surface area contributed by atoms with Crippen molar-refractivity contribution >= 4 is 5.91 Å². The van der Waals surface area contributed by atoms with Crippen LogP contribution in [0.4, 0.5) is 0 Å². The Morgan fingerprint density at radius 2 is 2.09 bits per heavy atom. The van der Waals surface area contributed by atoms with Crippen molar-refractivity contribution in [2.75, 3.05) is 39.5 Å². The van der Waals surface area contributed by atoms with E-state index in [-0.39, 0.29) is 17.7 Å². The second kappa shape index (κ2) is 7.84. The van der Waals surface area contributed by atoms with Gasteiger partial charge in [0.05, 0.1) is 13.2 Å². The summed E-state index contributed by atoms with van der Waals surface area (Å²) >= 11 is 0. The van der Waals surface area contributed by atoms with E-state index in [1.165, 1.54) is 0 Å². The zero-order valence-electron chi connectivity index (χ0n) is 13.7. The molecule has 2 aliphatic rings. The molecule has 1 amide bonds. The highest BCUT2D eigenvalue weighted by molar-refractivity contribution is 5.79. The Balaban J connectivity index is 1.62. The minimum absolute atomic E-state index is 0.115. The predicted molar refractivity (Wildman–Crippen MR) is 84.9 cm³/mol. The zero-order valence-corrected chi connectivity index (χ0v) is 13.7. The van der Waals surface area contributed by atoms with Crippen molar-refractivity contribution in [3.8, 4) is 0 Å². The number of aryl methyl sites for hydroxylation is 1. The molecule has 0 aromatic carbocycles. The highest BCUT2D eigenvalue weighted by Crippen LogP contribution is 2.20. The fraction of sp³-hybridized carbons (Fsp3) is 0.706. The molecule has 2 saturated heterocycles. The fourth-order valence-electron chi connectivity index (χ4n) is 3.32. The van der Waals surface area contributed by atoms with Crippen LogP contribution in [0, 0.1) is 18.8 Å². The van der Waals surface area contributed by atoms with Gasteiger partial charge in [0.25, 0.3) is 0 Å². The number of ether oxygens (including phenoxy) is 2. The van der Waals surface area contributed by atoms with Gasteiger partial charge in [0.15, 0.2) is 0 Å². The van der Waals surface area contributed by atoms with Gasteiger partial charge in [-0.15, -0.1) is 0 Å². The summed E-state index contributed by atoms with van der Waals surface area (Å²) in [5.74, 6) is 0.669. The minimum Gasteiger partial charge on any atom is -0.381 e. The van der Waals surface area contributed by atoms with Gasteiger partial charge in [-0.05, 0) is 32.3 Å². The molecule has 0 aliphatic carbocycles. The molecule has 0 bridgehead atoms. The third-order valence-corrected chi connectivity index (χ3v) is 4.58. The number of amides is 1. The van der Waals surface area contributed by atoms with E-state index in [1.807, 2.05) is 17.9 Å². The summed E-state index contributed by atoms with van der Waals surface area (Å²) in [6, 6.07) is 2.01. The van der Waals surface area contributed by atoms with Crippen molar-refractivity contribution in [3.63, 3.8) is 0 Å². The molecule has 6 heteroatoms. The second-order valence-electron chi connectivity index (χ2n) is 6.47. The maximum absolute atomic E-state index is 12.7. The summed E-state index contributed by atoms with van der Waals surface area (Å²) in [4.78, 5) is 23.2. The molecule has 3 rings (SSSR count). The first-order valence-corrected chi connectivity index (χ1v) is 8.44. The molecule has 0 spiro atoms. The van der Waals surface area contributed by atoms with Crippen LogP contribution in [0.5, 0.6) is 0 Å². The summed E-state index contributed by atoms with van der Waals surface area (Å²) < 4.78 is 11.1. The molecule has 126 valence electrons. The van der Waals surface area contributed by atoms with E-state index < -0.39 is 0 Å². The second-order valence-corrected chi connectivity index (χ2v) is 6.47. The lowest BCUT2D eigenvalue weighted by Crippen LogP contribution is -2.41. The Kier molecular flexibility index (Phi) is 5.56. The van der Waals surface area contributed by atoms with E-state index in [9.17, 15) is 4.79 Å². The van der Waals surface area contributed by atoms with Crippen LogP contribution in [-0.4, -0.2) is 60.3 Å². The quantitative estimate of drug-likeness (QED) is 0.838. The Hall–Kier alpha value is -1.53. The first-order chi connectivity index (χ1) is 11.2. The van der Waals surface area contributed by atoms with E-state index in [1.54, 1.807) is 6.33 Å². The van der Waals surface area contributed by atoms with Gasteiger partial charge in [0.2, 0.25) is 5.91 Å². The topological polar surface area (TPSA) is 64.5 Å². The summed E-state index contributed by atoms with van der Waals surface area (Å²) in [6.07, 6.45) is 4.10. The van der Waals surface area contributed by atoms with Crippen LogP contribution in [0.3, 0.4) is 0 Å². The van der Waals surface area contributed by atoms with Crippen LogP contribution in [-0.2, 0) is 20.7 Å². The Morgan fingerprint density at radius 1 is 1.26 bits per heavy atom. The average molecular weight is 319 g/mol. The van der Waals surface area contributed by atoms with Crippen molar-refractivity contribution in [2.45, 2.75) is 26.2 Å². The summed E-state index contributed by atoms with van der Waals surface area (Å²) in [5, 5.41) is 0. The monoisotopic (exact) mass is 319 g/mol. The van der Waals surface area contributed by atoms with Crippen LogP contribution < -0.4 is 0 Å². The lowest BCUT2D eigenvalue weighted by atomic mass is 9.97. The van der Waals surface area contributed by atoms with Gasteiger partial charge in [0, 0.05) is 49.5 Å². The Labute approximate surface area is 137 Å². The molecular weight excluding hydrogens is 294 g/mol. The van der Waals surface area contributed by atoms with Gasteiger partial charge in [-0.25, -0.2) is 9.97 Å². The minimum atomic E-state index is 0.115. The molecule has 6 nitrogen and oxygen atoms in total. The molecule has 1 atom stereocenters. The van der Waals surface area contributed by atoms with Crippen molar-refractivity contribution < 1.29 is 14.3 Å². The van der Waals surface area contributed by atoms with Crippen LogP contribution in [0.25, 0.3) is 0 Å². The van der Waals surface area contributed by atoms with E-state index in [2.05, 4.69) is 9.97 Å². The van der Waals surface area contributed by atoms with E-state index in [0.29, 0.717) is 33.0 Å². The van der Waals surface area contributed by atoms with Crippen LogP contribution in [0.1, 0.15) is 24.2 Å². The fourth-order valence-corrected chi connectivity index (χ4v) is 3.32. The number of carbonyl (C=O) groups excluding carboxylic acids is 1. The van der Waals surface area contributed by atoms with E-state index in [0.717, 1.165) is 37.2 Å². The SMILES string of the molecule is Cc1cc(CC2COCCN(C(=O)C3CCOCC3)C2)ncn1. The van der Waals surface area contributed by atoms with Gasteiger partial charge in [-0.2, -0.15) is 0 Å². The molecule has 1 unspecified atom stereocenters. The Morgan fingerprint density at radius 3 is 2.87 bits per heavy atom. The van der Waals surface area contributed by atoms with Gasteiger partial charge in [-0.3, -0.25) is 4.79 Å². The normalized spacial score (nSPS) is 23.5. The van der Waals surface area contributed by atoms with Gasteiger partial charge in [-0.1, -0.05) is 0 Å². The van der Waals surface area contributed by atoms with Crippen LogP contribution in [0.15, 0.2) is 12.4 Å². The number of hydrogen-bond donors (Lipinski definition) is 0. The third-order valence-electron chi connectivity index (χ3n) is 4.58. The molecule has 0 saturated carbocycles. The van der Waals surface area contributed by atoms with Crippen molar-refractivity contribution in [2.24, 2.45) is 11.8 Å². The molecule has 0 radical (unpaired) electrons. The molecular formula is C17H25N3O3. The molecule has 1 aromatic rings. The van der Waals surface area contributed by atoms with E-state index >= 15 is 0 Å². The first kappa shape index (κ1) is 16.3. The molecule has 2 aliphatic heterocycles. The molecule has 23 heavy (non-hydrogen) atoms. The van der Waals surface area contributed by atoms with E-state index in [4.69, 9.17) is 9.47 Å². The Bertz CT molecular complexity index is 532. The zero-order chi connectivity index (χ0) is 16.1. The highest BCUT2D eigenvalue weighted by atomic mass is 16.5. The number of aromatic nitrogens is 2. The molecule has 0 N–H and O–H groups in total. The summed E-state index contributed by atoms with van der Waals surface area (Å²) in [5.41, 5.74) is 1.99. The van der Waals surface area contributed by atoms with Crippen molar-refractivity contribution in [1.29, 1.82) is 0 Å². The van der Waals surface area contributed by atoms with Gasteiger partial charge >= 0.3 is 0 Å². The number of nitrogens with zero attached hydrogens (tertiary/aromatic N) is 3.